The van der Waals surface area contributed by atoms with E-state index < -0.39 is 0 Å². The lowest BCUT2D eigenvalue weighted by Crippen LogP contribution is -2.35. The standard InChI is InChI=1S/C7H15NO/c1-5-2-3-6(8)4-7(5)9/h5-7,9H,2-4,8H2,1H3/t5?,6-,7+/m1/s1. The molecule has 0 aromatic rings. The smallest absolute Gasteiger partial charge is 0.0580 e. The summed E-state index contributed by atoms with van der Waals surface area (Å²) in [5.41, 5.74) is 5.63. The molecule has 1 aliphatic rings. The van der Waals surface area contributed by atoms with E-state index in [9.17, 15) is 5.11 Å². The van der Waals surface area contributed by atoms with Crippen molar-refractivity contribution in [3.63, 3.8) is 0 Å². The largest absolute Gasteiger partial charge is 0.393 e. The molecule has 0 spiro atoms. The van der Waals surface area contributed by atoms with Gasteiger partial charge in [-0.05, 0) is 25.2 Å². The van der Waals surface area contributed by atoms with E-state index in [4.69, 9.17) is 5.73 Å². The first kappa shape index (κ1) is 7.03. The van der Waals surface area contributed by atoms with Gasteiger partial charge in [-0.15, -0.1) is 0 Å². The Morgan fingerprint density at radius 1 is 1.44 bits per heavy atom. The van der Waals surface area contributed by atoms with Crippen molar-refractivity contribution in [1.29, 1.82) is 0 Å². The Bertz CT molecular complexity index is 94.9. The van der Waals surface area contributed by atoms with Gasteiger partial charge in [-0.3, -0.25) is 0 Å². The van der Waals surface area contributed by atoms with Gasteiger partial charge in [-0.25, -0.2) is 0 Å². The lowest BCUT2D eigenvalue weighted by atomic mass is 9.85. The van der Waals surface area contributed by atoms with Crippen LogP contribution in [0.1, 0.15) is 26.2 Å². The van der Waals surface area contributed by atoms with Crippen molar-refractivity contribution in [2.24, 2.45) is 11.7 Å². The fourth-order valence-corrected chi connectivity index (χ4v) is 1.33. The van der Waals surface area contributed by atoms with Gasteiger partial charge >= 0.3 is 0 Å². The Labute approximate surface area is 56.1 Å². The number of nitrogens with two attached hydrogens (primary N) is 1. The van der Waals surface area contributed by atoms with Crippen LogP contribution in [0.5, 0.6) is 0 Å². The van der Waals surface area contributed by atoms with E-state index in [1.165, 1.54) is 0 Å². The van der Waals surface area contributed by atoms with Crippen LogP contribution in [-0.2, 0) is 0 Å². The van der Waals surface area contributed by atoms with Gasteiger partial charge in [0, 0.05) is 6.04 Å². The molecule has 2 heteroatoms. The maximum Gasteiger partial charge on any atom is 0.0580 e. The quantitative estimate of drug-likeness (QED) is 0.500. The molecule has 3 atom stereocenters. The van der Waals surface area contributed by atoms with Crippen molar-refractivity contribution >= 4 is 0 Å². The molecule has 1 aliphatic carbocycles. The van der Waals surface area contributed by atoms with Crippen molar-refractivity contribution in [3.05, 3.63) is 0 Å². The number of hydrogen-bond donors (Lipinski definition) is 2. The van der Waals surface area contributed by atoms with E-state index in [1.54, 1.807) is 0 Å². The summed E-state index contributed by atoms with van der Waals surface area (Å²) in [6.07, 6.45) is 2.82. The molecule has 1 saturated carbocycles. The number of aliphatic hydroxyl groups is 1. The van der Waals surface area contributed by atoms with Crippen LogP contribution in [0.2, 0.25) is 0 Å². The molecule has 0 aromatic heterocycles. The third-order valence-electron chi connectivity index (χ3n) is 2.19. The lowest BCUT2D eigenvalue weighted by Gasteiger charge is -2.28. The van der Waals surface area contributed by atoms with Crippen molar-refractivity contribution in [1.82, 2.24) is 0 Å². The van der Waals surface area contributed by atoms with Crippen LogP contribution in [0.15, 0.2) is 0 Å². The molecular weight excluding hydrogens is 114 g/mol. The second-order valence-electron chi connectivity index (χ2n) is 3.12. The molecule has 9 heavy (non-hydrogen) atoms. The molecule has 0 radical (unpaired) electrons. The van der Waals surface area contributed by atoms with Crippen LogP contribution >= 0.6 is 0 Å². The molecule has 0 saturated heterocycles. The topological polar surface area (TPSA) is 46.2 Å². The zero-order chi connectivity index (χ0) is 6.85. The highest BCUT2D eigenvalue weighted by Gasteiger charge is 2.22. The molecule has 1 rings (SSSR count). The van der Waals surface area contributed by atoms with Crippen molar-refractivity contribution in [2.45, 2.75) is 38.3 Å². The zero-order valence-electron chi connectivity index (χ0n) is 5.88. The van der Waals surface area contributed by atoms with Gasteiger partial charge in [0.2, 0.25) is 0 Å². The third-order valence-corrected chi connectivity index (χ3v) is 2.19. The summed E-state index contributed by atoms with van der Waals surface area (Å²) in [5, 5.41) is 9.27. The van der Waals surface area contributed by atoms with Crippen LogP contribution < -0.4 is 5.73 Å². The van der Waals surface area contributed by atoms with Crippen molar-refractivity contribution in [2.75, 3.05) is 0 Å². The van der Waals surface area contributed by atoms with Gasteiger partial charge in [-0.1, -0.05) is 6.92 Å². The molecule has 0 aliphatic heterocycles. The summed E-state index contributed by atoms with van der Waals surface area (Å²) in [5.74, 6) is 0.463. The SMILES string of the molecule is CC1CC[C@@H](N)C[C@@H]1O. The monoisotopic (exact) mass is 129 g/mol. The summed E-state index contributed by atoms with van der Waals surface area (Å²) in [6, 6.07) is 0.246. The van der Waals surface area contributed by atoms with E-state index in [1.807, 2.05) is 0 Å². The average Bonchev–Trinajstić information content (AvgIpc) is 1.80. The molecule has 0 bridgehead atoms. The summed E-state index contributed by atoms with van der Waals surface area (Å²) in [4.78, 5) is 0. The van der Waals surface area contributed by atoms with Crippen LogP contribution in [-0.4, -0.2) is 17.3 Å². The molecule has 0 heterocycles. The first-order valence-electron chi connectivity index (χ1n) is 3.64. The second kappa shape index (κ2) is 2.67. The zero-order valence-corrected chi connectivity index (χ0v) is 5.88. The molecule has 1 fully saturated rings. The minimum Gasteiger partial charge on any atom is -0.393 e. The third kappa shape index (κ3) is 1.66. The normalized spacial score (nSPS) is 45.0. The fourth-order valence-electron chi connectivity index (χ4n) is 1.33. The lowest BCUT2D eigenvalue weighted by molar-refractivity contribution is 0.0708. The molecule has 0 aromatic carbocycles. The van der Waals surface area contributed by atoms with Gasteiger partial charge in [0.05, 0.1) is 6.10 Å². The van der Waals surface area contributed by atoms with Crippen LogP contribution in [0.4, 0.5) is 0 Å². The van der Waals surface area contributed by atoms with E-state index in [2.05, 4.69) is 6.92 Å². The molecular formula is C7H15NO. The number of aliphatic hydroxyl groups excluding tert-OH is 1. The van der Waals surface area contributed by atoms with Gasteiger partial charge in [0.25, 0.3) is 0 Å². The van der Waals surface area contributed by atoms with Gasteiger partial charge in [0.15, 0.2) is 0 Å². The van der Waals surface area contributed by atoms with E-state index in [0.29, 0.717) is 5.92 Å². The number of rotatable bonds is 0. The Balaban J connectivity index is 2.35. The molecule has 3 N–H and O–H groups in total. The van der Waals surface area contributed by atoms with Crippen LogP contribution in [0.25, 0.3) is 0 Å². The first-order valence-corrected chi connectivity index (χ1v) is 3.64. The highest BCUT2D eigenvalue weighted by atomic mass is 16.3. The molecule has 0 amide bonds. The van der Waals surface area contributed by atoms with E-state index >= 15 is 0 Å². The molecule has 54 valence electrons. The fraction of sp³-hybridized carbons (Fsp3) is 1.00. The Morgan fingerprint density at radius 3 is 2.56 bits per heavy atom. The maximum absolute atomic E-state index is 9.27. The van der Waals surface area contributed by atoms with Gasteiger partial charge in [0.1, 0.15) is 0 Å². The average molecular weight is 129 g/mol. The Hall–Kier alpha value is -0.0800. The first-order chi connectivity index (χ1) is 4.20. The predicted molar refractivity (Wildman–Crippen MR) is 37.0 cm³/mol. The highest BCUT2D eigenvalue weighted by Crippen LogP contribution is 2.22. The predicted octanol–water partition coefficient (Wildman–Crippen LogP) is 0.495. The van der Waals surface area contributed by atoms with Gasteiger partial charge < -0.3 is 10.8 Å². The number of hydrogen-bond acceptors (Lipinski definition) is 2. The Morgan fingerprint density at radius 2 is 2.11 bits per heavy atom. The van der Waals surface area contributed by atoms with Crippen molar-refractivity contribution < 1.29 is 5.11 Å². The summed E-state index contributed by atoms with van der Waals surface area (Å²) >= 11 is 0. The highest BCUT2D eigenvalue weighted by molar-refractivity contribution is 4.78. The molecule has 1 unspecified atom stereocenters. The summed E-state index contributed by atoms with van der Waals surface area (Å²) in [7, 11) is 0. The van der Waals surface area contributed by atoms with E-state index in [0.717, 1.165) is 19.3 Å². The minimum absolute atomic E-state index is 0.145. The van der Waals surface area contributed by atoms with Crippen LogP contribution in [0.3, 0.4) is 0 Å². The second-order valence-corrected chi connectivity index (χ2v) is 3.12. The summed E-state index contributed by atoms with van der Waals surface area (Å²) in [6.45, 7) is 2.08. The van der Waals surface area contributed by atoms with E-state index in [-0.39, 0.29) is 12.1 Å². The van der Waals surface area contributed by atoms with Gasteiger partial charge in [-0.2, -0.15) is 0 Å². The minimum atomic E-state index is -0.145. The molecule has 2 nitrogen and oxygen atoms in total. The van der Waals surface area contributed by atoms with Crippen LogP contribution in [0, 0.1) is 5.92 Å². The Kier molecular flexibility index (Phi) is 2.09. The maximum atomic E-state index is 9.27. The summed E-state index contributed by atoms with van der Waals surface area (Å²) < 4.78 is 0. The van der Waals surface area contributed by atoms with Crippen molar-refractivity contribution in [3.8, 4) is 0 Å².